The van der Waals surface area contributed by atoms with E-state index in [-0.39, 0.29) is 11.8 Å². The number of unbranched alkanes of at least 4 members (excludes halogenated alkanes) is 2. The van der Waals surface area contributed by atoms with E-state index in [2.05, 4.69) is 34.4 Å². The van der Waals surface area contributed by atoms with Gasteiger partial charge in [-0.3, -0.25) is 9.59 Å². The SMILES string of the molecule is CCCCCn1ccc2c(N3CCCC3=O)cc(C(=O)N[C@@H](Cc3ccccc3)[C@@H](O)CNCc3cccc(OC)c3)cc21. The highest BCUT2D eigenvalue weighted by Crippen LogP contribution is 2.33. The Morgan fingerprint density at radius 2 is 1.84 bits per heavy atom. The molecule has 44 heavy (non-hydrogen) atoms. The number of amides is 2. The first-order valence-corrected chi connectivity index (χ1v) is 15.8. The zero-order chi connectivity index (χ0) is 30.9. The van der Waals surface area contributed by atoms with Crippen LogP contribution in [0.5, 0.6) is 5.75 Å². The molecule has 0 unspecified atom stereocenters. The summed E-state index contributed by atoms with van der Waals surface area (Å²) in [6, 6.07) is 23.0. The molecule has 0 saturated carbocycles. The number of methoxy groups -OCH3 is 1. The Bertz CT molecular complexity index is 1550. The lowest BCUT2D eigenvalue weighted by Gasteiger charge is -2.25. The molecule has 8 nitrogen and oxygen atoms in total. The second-order valence-electron chi connectivity index (χ2n) is 11.6. The fourth-order valence-corrected chi connectivity index (χ4v) is 5.95. The summed E-state index contributed by atoms with van der Waals surface area (Å²) in [5.41, 5.74) is 4.28. The van der Waals surface area contributed by atoms with Crippen molar-refractivity contribution in [2.75, 3.05) is 25.1 Å². The molecular weight excluding hydrogens is 552 g/mol. The van der Waals surface area contributed by atoms with Crippen LogP contribution in [-0.2, 0) is 24.3 Å². The van der Waals surface area contributed by atoms with Crippen LogP contribution in [-0.4, -0.2) is 53.8 Å². The zero-order valence-corrected chi connectivity index (χ0v) is 25.8. The molecule has 4 aromatic rings. The van der Waals surface area contributed by atoms with E-state index in [1.165, 1.54) is 0 Å². The number of anilines is 1. The molecule has 2 atom stereocenters. The Kier molecular flexibility index (Phi) is 10.7. The van der Waals surface area contributed by atoms with Crippen molar-refractivity contribution in [3.63, 3.8) is 0 Å². The van der Waals surface area contributed by atoms with Crippen molar-refractivity contribution >= 4 is 28.4 Å². The molecule has 0 aliphatic carbocycles. The number of fused-ring (bicyclic) bond motifs is 1. The van der Waals surface area contributed by atoms with Crippen molar-refractivity contribution in [1.82, 2.24) is 15.2 Å². The highest BCUT2D eigenvalue weighted by atomic mass is 16.5. The van der Waals surface area contributed by atoms with Crippen LogP contribution in [0.15, 0.2) is 79.0 Å². The topological polar surface area (TPSA) is 95.8 Å². The highest BCUT2D eigenvalue weighted by Gasteiger charge is 2.27. The number of carbonyl (C=O) groups excluding carboxylic acids is 2. The normalized spacial score (nSPS) is 14.6. The second kappa shape index (κ2) is 15.0. The lowest BCUT2D eigenvalue weighted by molar-refractivity contribution is -0.117. The zero-order valence-electron chi connectivity index (χ0n) is 25.8. The minimum atomic E-state index is -0.842. The van der Waals surface area contributed by atoms with E-state index in [1.54, 1.807) is 7.11 Å². The van der Waals surface area contributed by atoms with Crippen molar-refractivity contribution in [3.05, 3.63) is 95.7 Å². The Morgan fingerprint density at radius 3 is 2.59 bits per heavy atom. The number of benzene rings is 3. The first-order chi connectivity index (χ1) is 21.5. The summed E-state index contributed by atoms with van der Waals surface area (Å²) in [6.45, 7) is 4.53. The molecule has 1 saturated heterocycles. The number of hydrogen-bond donors (Lipinski definition) is 3. The maximum Gasteiger partial charge on any atom is 0.251 e. The van der Waals surface area contributed by atoms with Crippen molar-refractivity contribution in [3.8, 4) is 5.75 Å². The van der Waals surface area contributed by atoms with Gasteiger partial charge in [0.2, 0.25) is 5.91 Å². The number of aliphatic hydroxyl groups excluding tert-OH is 1. The van der Waals surface area contributed by atoms with Gasteiger partial charge in [-0.05, 0) is 60.7 Å². The molecule has 0 bridgehead atoms. The van der Waals surface area contributed by atoms with E-state index in [0.29, 0.717) is 38.0 Å². The predicted octanol–water partition coefficient (Wildman–Crippen LogP) is 5.46. The van der Waals surface area contributed by atoms with Crippen LogP contribution in [0.2, 0.25) is 0 Å². The summed E-state index contributed by atoms with van der Waals surface area (Å²) in [4.78, 5) is 28.5. The van der Waals surface area contributed by atoms with Crippen molar-refractivity contribution in [1.29, 1.82) is 0 Å². The van der Waals surface area contributed by atoms with Gasteiger partial charge in [0, 0.05) is 49.7 Å². The first-order valence-electron chi connectivity index (χ1n) is 15.8. The summed E-state index contributed by atoms with van der Waals surface area (Å²) >= 11 is 0. The molecule has 3 aromatic carbocycles. The maximum atomic E-state index is 13.9. The third-order valence-electron chi connectivity index (χ3n) is 8.39. The summed E-state index contributed by atoms with van der Waals surface area (Å²) in [6.07, 6.45) is 6.31. The van der Waals surface area contributed by atoms with Crippen molar-refractivity contribution < 1.29 is 19.4 Å². The Balaban J connectivity index is 1.38. The first kappa shape index (κ1) is 31.3. The number of carbonyl (C=O) groups is 2. The molecule has 0 spiro atoms. The average Bonchev–Trinajstić information content (AvgIpc) is 3.66. The van der Waals surface area contributed by atoms with E-state index in [0.717, 1.165) is 65.7 Å². The van der Waals surface area contributed by atoms with Crippen LogP contribution in [0.1, 0.15) is 60.5 Å². The molecule has 2 amide bonds. The minimum Gasteiger partial charge on any atom is -0.497 e. The van der Waals surface area contributed by atoms with Gasteiger partial charge in [0.15, 0.2) is 0 Å². The van der Waals surface area contributed by atoms with Crippen LogP contribution in [0.4, 0.5) is 5.69 Å². The molecule has 5 rings (SSSR count). The minimum absolute atomic E-state index is 0.0853. The fourth-order valence-electron chi connectivity index (χ4n) is 5.95. The summed E-state index contributed by atoms with van der Waals surface area (Å²) in [5, 5.41) is 18.8. The molecule has 2 heterocycles. The number of aliphatic hydroxyl groups is 1. The summed E-state index contributed by atoms with van der Waals surface area (Å²) in [5.74, 6) is 0.596. The second-order valence-corrected chi connectivity index (χ2v) is 11.6. The lowest BCUT2D eigenvalue weighted by Crippen LogP contribution is -2.48. The molecule has 1 aliphatic rings. The van der Waals surface area contributed by atoms with Gasteiger partial charge in [0.1, 0.15) is 5.75 Å². The quantitative estimate of drug-likeness (QED) is 0.159. The third kappa shape index (κ3) is 7.68. The van der Waals surface area contributed by atoms with E-state index >= 15 is 0 Å². The van der Waals surface area contributed by atoms with Gasteiger partial charge in [0.25, 0.3) is 5.91 Å². The smallest absolute Gasteiger partial charge is 0.251 e. The number of hydrogen-bond acceptors (Lipinski definition) is 5. The van der Waals surface area contributed by atoms with Crippen LogP contribution < -0.4 is 20.3 Å². The van der Waals surface area contributed by atoms with Crippen molar-refractivity contribution in [2.24, 2.45) is 0 Å². The molecule has 3 N–H and O–H groups in total. The number of ether oxygens (including phenoxy) is 1. The largest absolute Gasteiger partial charge is 0.497 e. The molecular formula is C36H44N4O4. The van der Waals surface area contributed by atoms with E-state index in [1.807, 2.05) is 71.6 Å². The van der Waals surface area contributed by atoms with Crippen molar-refractivity contribution in [2.45, 2.75) is 70.7 Å². The Labute approximate surface area is 260 Å². The van der Waals surface area contributed by atoms with Gasteiger partial charge < -0.3 is 29.9 Å². The Morgan fingerprint density at radius 1 is 1.02 bits per heavy atom. The number of rotatable bonds is 15. The van der Waals surface area contributed by atoms with E-state index < -0.39 is 12.1 Å². The molecule has 1 fully saturated rings. The lowest BCUT2D eigenvalue weighted by atomic mass is 10.00. The van der Waals surface area contributed by atoms with E-state index in [9.17, 15) is 14.7 Å². The third-order valence-corrected chi connectivity index (χ3v) is 8.39. The molecule has 232 valence electrons. The van der Waals surface area contributed by atoms with Crippen LogP contribution >= 0.6 is 0 Å². The number of nitrogens with one attached hydrogen (secondary N) is 2. The Hall–Kier alpha value is -4.14. The van der Waals surface area contributed by atoms with Crippen LogP contribution in [0.3, 0.4) is 0 Å². The molecule has 8 heteroatoms. The van der Waals surface area contributed by atoms with Gasteiger partial charge in [-0.15, -0.1) is 0 Å². The number of nitrogens with zero attached hydrogens (tertiary/aromatic N) is 2. The average molecular weight is 597 g/mol. The van der Waals surface area contributed by atoms with Gasteiger partial charge in [-0.2, -0.15) is 0 Å². The number of aromatic nitrogens is 1. The highest BCUT2D eigenvalue weighted by molar-refractivity contribution is 6.08. The number of aryl methyl sites for hydroxylation is 1. The van der Waals surface area contributed by atoms with Gasteiger partial charge >= 0.3 is 0 Å². The molecule has 0 radical (unpaired) electrons. The van der Waals surface area contributed by atoms with Gasteiger partial charge in [0.05, 0.1) is 30.5 Å². The monoisotopic (exact) mass is 596 g/mol. The van der Waals surface area contributed by atoms with Gasteiger partial charge in [-0.25, -0.2) is 0 Å². The molecule has 1 aliphatic heterocycles. The summed E-state index contributed by atoms with van der Waals surface area (Å²) in [7, 11) is 1.64. The van der Waals surface area contributed by atoms with Gasteiger partial charge in [-0.1, -0.05) is 62.2 Å². The fraction of sp³-hybridized carbons (Fsp3) is 0.389. The van der Waals surface area contributed by atoms with E-state index in [4.69, 9.17) is 4.74 Å². The van der Waals surface area contributed by atoms with Crippen LogP contribution in [0, 0.1) is 0 Å². The predicted molar refractivity (Wildman–Crippen MR) is 175 cm³/mol. The standard InChI is InChI=1S/C36H44N4O4/c1-3-4-8-17-39-19-16-30-32(39)22-28(23-33(30)40-18-10-15-35(40)42)36(43)38-31(21-26-11-6-5-7-12-26)34(41)25-37-24-27-13-9-14-29(20-27)44-2/h5-7,9,11-14,16,19-20,22-23,31,34,37,41H,3-4,8,10,15,17-18,21,24-25H2,1-2H3,(H,38,43)/t31-,34-/m0/s1. The summed E-state index contributed by atoms with van der Waals surface area (Å²) < 4.78 is 7.51. The maximum absolute atomic E-state index is 13.9. The van der Waals surface area contributed by atoms with Crippen LogP contribution in [0.25, 0.3) is 10.9 Å². The molecule has 1 aromatic heterocycles.